The molecule has 3 nitrogen and oxygen atoms in total. The quantitative estimate of drug-likeness (QED) is 0.634. The molecule has 0 aliphatic carbocycles. The van der Waals surface area contributed by atoms with E-state index in [-0.39, 0.29) is 10.9 Å². The Bertz CT molecular complexity index is 321. The third-order valence-corrected chi connectivity index (χ3v) is 1.72. The molecule has 0 heterocycles. The largest absolute Gasteiger partial charge is 0.382 e. The number of hydrogen-bond donors (Lipinski definition) is 1. The van der Waals surface area contributed by atoms with Gasteiger partial charge in [0.15, 0.2) is 0 Å². The van der Waals surface area contributed by atoms with Crippen LogP contribution < -0.4 is 16.2 Å². The molecular formula is C8H11NO2. The van der Waals surface area contributed by atoms with Crippen LogP contribution in [-0.4, -0.2) is 6.54 Å². The van der Waals surface area contributed by atoms with E-state index in [0.717, 1.165) is 0 Å². The molecule has 0 radical (unpaired) electrons. The molecule has 1 rings (SSSR count). The van der Waals surface area contributed by atoms with Crippen LogP contribution in [0.1, 0.15) is 19.4 Å². The molecule has 0 spiro atoms. The Labute approximate surface area is 64.7 Å². The van der Waals surface area contributed by atoms with E-state index in [2.05, 4.69) is 5.32 Å². The van der Waals surface area contributed by atoms with Crippen molar-refractivity contribution in [2.24, 2.45) is 0 Å². The summed E-state index contributed by atoms with van der Waals surface area (Å²) in [5, 5.41) is 2.87. The van der Waals surface area contributed by atoms with Gasteiger partial charge < -0.3 is 5.32 Å². The number of rotatable bonds is 3. The summed E-state index contributed by atoms with van der Waals surface area (Å²) in [5.74, 6) is 0. The predicted octanol–water partition coefficient (Wildman–Crippen LogP) is 0.277. The van der Waals surface area contributed by atoms with Gasteiger partial charge >= 0.3 is 0 Å². The normalized spacial score (nSPS) is 10.4. The molecule has 1 aromatic carbocycles. The van der Waals surface area contributed by atoms with Crippen molar-refractivity contribution >= 4 is 5.69 Å². The standard InChI is InChI=1S/C8H11NO2/c1-3-5-6(9-4-2)8(11)7(5)10/h9H,3-4H2,1-2H3. The summed E-state index contributed by atoms with van der Waals surface area (Å²) in [7, 11) is 0. The van der Waals surface area contributed by atoms with Crippen LogP contribution in [0.2, 0.25) is 0 Å². The molecule has 0 aromatic heterocycles. The Balaban J connectivity index is 2.98. The van der Waals surface area contributed by atoms with Gasteiger partial charge in [0, 0.05) is 12.1 Å². The minimum Gasteiger partial charge on any atom is -0.382 e. The molecule has 0 aliphatic heterocycles. The second-order valence-electron chi connectivity index (χ2n) is 2.40. The zero-order valence-electron chi connectivity index (χ0n) is 6.73. The van der Waals surface area contributed by atoms with Crippen LogP contribution >= 0.6 is 0 Å². The van der Waals surface area contributed by atoms with Gasteiger partial charge in [0.05, 0.1) is 5.69 Å². The third-order valence-electron chi connectivity index (χ3n) is 1.72. The topological polar surface area (TPSA) is 46.2 Å². The van der Waals surface area contributed by atoms with E-state index in [1.807, 2.05) is 13.8 Å². The smallest absolute Gasteiger partial charge is 0.249 e. The highest BCUT2D eigenvalue weighted by Crippen LogP contribution is 2.06. The lowest BCUT2D eigenvalue weighted by atomic mass is 10.1. The van der Waals surface area contributed by atoms with Crippen molar-refractivity contribution in [1.82, 2.24) is 0 Å². The fourth-order valence-electron chi connectivity index (χ4n) is 1.14. The average molecular weight is 153 g/mol. The van der Waals surface area contributed by atoms with E-state index in [1.54, 1.807) is 0 Å². The Hall–Kier alpha value is -1.12. The summed E-state index contributed by atoms with van der Waals surface area (Å²) >= 11 is 0. The SMILES string of the molecule is CCNc1c(CC)c(=O)c1=O. The van der Waals surface area contributed by atoms with Crippen LogP contribution in [0.25, 0.3) is 0 Å². The maximum Gasteiger partial charge on any atom is 0.249 e. The zero-order chi connectivity index (χ0) is 8.43. The minimum atomic E-state index is -0.358. The van der Waals surface area contributed by atoms with E-state index < -0.39 is 0 Å². The van der Waals surface area contributed by atoms with E-state index in [9.17, 15) is 9.59 Å². The first-order valence-electron chi connectivity index (χ1n) is 3.78. The fraction of sp³-hybridized carbons (Fsp3) is 0.500. The van der Waals surface area contributed by atoms with Gasteiger partial charge in [-0.15, -0.1) is 0 Å². The lowest BCUT2D eigenvalue weighted by molar-refractivity contribution is 1.05. The third kappa shape index (κ3) is 1.06. The summed E-state index contributed by atoms with van der Waals surface area (Å²) in [5.41, 5.74) is 0.504. The second-order valence-corrected chi connectivity index (χ2v) is 2.40. The van der Waals surface area contributed by atoms with Gasteiger partial charge in [-0.3, -0.25) is 9.59 Å². The molecule has 3 heteroatoms. The summed E-state index contributed by atoms with van der Waals surface area (Å²) in [6.07, 6.45) is 0.646. The van der Waals surface area contributed by atoms with Gasteiger partial charge in [-0.1, -0.05) is 6.92 Å². The number of anilines is 1. The van der Waals surface area contributed by atoms with Crippen molar-refractivity contribution in [3.8, 4) is 0 Å². The number of nitrogens with one attached hydrogen (secondary N) is 1. The first-order chi connectivity index (χ1) is 5.22. The molecule has 1 aromatic rings. The van der Waals surface area contributed by atoms with Gasteiger partial charge in [-0.2, -0.15) is 0 Å². The zero-order valence-corrected chi connectivity index (χ0v) is 6.73. The summed E-state index contributed by atoms with van der Waals surface area (Å²) < 4.78 is 0. The molecule has 1 N–H and O–H groups in total. The van der Waals surface area contributed by atoms with E-state index >= 15 is 0 Å². The Morgan fingerprint density at radius 2 is 1.82 bits per heavy atom. The summed E-state index contributed by atoms with van der Waals surface area (Å²) in [4.78, 5) is 21.7. The first kappa shape index (κ1) is 7.98. The maximum absolute atomic E-state index is 10.9. The molecule has 0 unspecified atom stereocenters. The van der Waals surface area contributed by atoms with Crippen molar-refractivity contribution in [3.05, 3.63) is 26.0 Å². The van der Waals surface area contributed by atoms with E-state index in [1.165, 1.54) is 0 Å². The summed E-state index contributed by atoms with van der Waals surface area (Å²) in [6.45, 7) is 4.46. The maximum atomic E-state index is 10.9. The van der Waals surface area contributed by atoms with E-state index in [0.29, 0.717) is 24.2 Å². The van der Waals surface area contributed by atoms with Gasteiger partial charge in [0.1, 0.15) is 0 Å². The second kappa shape index (κ2) is 2.86. The monoisotopic (exact) mass is 153 g/mol. The van der Waals surface area contributed by atoms with Crippen molar-refractivity contribution < 1.29 is 0 Å². The van der Waals surface area contributed by atoms with Crippen molar-refractivity contribution in [2.75, 3.05) is 11.9 Å². The van der Waals surface area contributed by atoms with E-state index in [4.69, 9.17) is 0 Å². The number of hydrogen-bond acceptors (Lipinski definition) is 3. The average Bonchev–Trinajstić information content (AvgIpc) is 2.04. The van der Waals surface area contributed by atoms with Crippen LogP contribution in [0.3, 0.4) is 0 Å². The highest BCUT2D eigenvalue weighted by atomic mass is 16.2. The highest BCUT2D eigenvalue weighted by molar-refractivity contribution is 5.56. The van der Waals surface area contributed by atoms with Crippen molar-refractivity contribution in [1.29, 1.82) is 0 Å². The Morgan fingerprint density at radius 3 is 2.27 bits per heavy atom. The molecule has 0 bridgehead atoms. The molecule has 0 saturated heterocycles. The van der Waals surface area contributed by atoms with Gasteiger partial charge in [0.25, 0.3) is 0 Å². The van der Waals surface area contributed by atoms with Gasteiger partial charge in [-0.05, 0) is 13.3 Å². The van der Waals surface area contributed by atoms with Crippen LogP contribution in [0.5, 0.6) is 0 Å². The van der Waals surface area contributed by atoms with Crippen LogP contribution in [0, 0.1) is 0 Å². The highest BCUT2D eigenvalue weighted by Gasteiger charge is 2.17. The molecule has 0 saturated carbocycles. The summed E-state index contributed by atoms with van der Waals surface area (Å²) in [6, 6.07) is 0. The molecule has 0 fully saturated rings. The fourth-order valence-corrected chi connectivity index (χ4v) is 1.14. The van der Waals surface area contributed by atoms with Crippen molar-refractivity contribution in [3.63, 3.8) is 0 Å². The minimum absolute atomic E-state index is 0.316. The lowest BCUT2D eigenvalue weighted by Crippen LogP contribution is -2.38. The molecule has 11 heavy (non-hydrogen) atoms. The first-order valence-corrected chi connectivity index (χ1v) is 3.78. The van der Waals surface area contributed by atoms with Crippen LogP contribution in [-0.2, 0) is 6.42 Å². The molecule has 0 atom stereocenters. The molecule has 0 amide bonds. The van der Waals surface area contributed by atoms with Gasteiger partial charge in [-0.25, -0.2) is 0 Å². The Morgan fingerprint density at radius 1 is 1.18 bits per heavy atom. The molecular weight excluding hydrogens is 142 g/mol. The molecule has 60 valence electrons. The van der Waals surface area contributed by atoms with Crippen LogP contribution in [0.4, 0.5) is 5.69 Å². The lowest BCUT2D eigenvalue weighted by Gasteiger charge is -2.08. The molecule has 0 aliphatic rings. The van der Waals surface area contributed by atoms with Crippen LogP contribution in [0.15, 0.2) is 9.59 Å². The van der Waals surface area contributed by atoms with Crippen molar-refractivity contribution in [2.45, 2.75) is 20.3 Å². The Kier molecular flexibility index (Phi) is 2.08. The van der Waals surface area contributed by atoms with Gasteiger partial charge in [0.2, 0.25) is 10.9 Å². The predicted molar refractivity (Wildman–Crippen MR) is 44.9 cm³/mol.